The second-order valence-corrected chi connectivity index (χ2v) is 6.68. The summed E-state index contributed by atoms with van der Waals surface area (Å²) in [5, 5.41) is 9.89. The molecule has 1 saturated heterocycles. The van der Waals surface area contributed by atoms with Crippen molar-refractivity contribution >= 4 is 32.7 Å². The molecule has 1 fully saturated rings. The monoisotopic (exact) mass is 334 g/mol. The van der Waals surface area contributed by atoms with E-state index < -0.39 is 0 Å². The molecule has 1 aliphatic heterocycles. The lowest BCUT2D eigenvalue weighted by atomic mass is 10.1. The van der Waals surface area contributed by atoms with Crippen molar-refractivity contribution in [1.29, 1.82) is 0 Å². The van der Waals surface area contributed by atoms with Crippen molar-refractivity contribution in [2.24, 2.45) is 0 Å². The lowest BCUT2D eigenvalue weighted by molar-refractivity contribution is 0.0860. The standard InChI is InChI=1S/C16H22N4O2S/c1-11(13-6-4-10-22-13)19-15(21)17-8-9-18-16-20-12-5-2-3-7-14(12)23-16/h2-3,5,7,11,13H,4,6,8-10H2,1H3,(H,18,20)(H2,17,19,21)/t11-,13+/m1/s1. The molecule has 124 valence electrons. The van der Waals surface area contributed by atoms with Gasteiger partial charge in [0.25, 0.3) is 0 Å². The van der Waals surface area contributed by atoms with E-state index in [9.17, 15) is 4.79 Å². The van der Waals surface area contributed by atoms with E-state index in [1.165, 1.54) is 0 Å². The molecule has 1 aromatic heterocycles. The molecule has 1 aliphatic rings. The van der Waals surface area contributed by atoms with E-state index in [2.05, 4.69) is 27.0 Å². The highest BCUT2D eigenvalue weighted by Gasteiger charge is 2.23. The highest BCUT2D eigenvalue weighted by atomic mass is 32.1. The van der Waals surface area contributed by atoms with Crippen LogP contribution in [0.4, 0.5) is 9.93 Å². The minimum absolute atomic E-state index is 0.0368. The number of benzene rings is 1. The molecule has 7 heteroatoms. The van der Waals surface area contributed by atoms with Crippen molar-refractivity contribution in [3.05, 3.63) is 24.3 Å². The summed E-state index contributed by atoms with van der Waals surface area (Å²) in [5.74, 6) is 0. The number of ether oxygens (including phenoxy) is 1. The van der Waals surface area contributed by atoms with E-state index in [1.54, 1.807) is 11.3 Å². The molecule has 0 aliphatic carbocycles. The first kappa shape index (κ1) is 16.0. The Bertz CT molecular complexity index is 621. The van der Waals surface area contributed by atoms with Gasteiger partial charge in [0.2, 0.25) is 0 Å². The quantitative estimate of drug-likeness (QED) is 0.710. The van der Waals surface area contributed by atoms with Crippen LogP contribution in [0.15, 0.2) is 24.3 Å². The van der Waals surface area contributed by atoms with Crippen molar-refractivity contribution in [3.8, 4) is 0 Å². The average Bonchev–Trinajstić information content (AvgIpc) is 3.20. The molecule has 23 heavy (non-hydrogen) atoms. The van der Waals surface area contributed by atoms with Crippen molar-refractivity contribution in [3.63, 3.8) is 0 Å². The highest BCUT2D eigenvalue weighted by molar-refractivity contribution is 7.22. The van der Waals surface area contributed by atoms with Gasteiger partial charge in [0, 0.05) is 19.7 Å². The van der Waals surface area contributed by atoms with Gasteiger partial charge in [-0.1, -0.05) is 23.5 Å². The van der Waals surface area contributed by atoms with Crippen LogP contribution in [0.3, 0.4) is 0 Å². The Morgan fingerprint density at radius 1 is 1.43 bits per heavy atom. The third-order valence-electron chi connectivity index (χ3n) is 3.86. The van der Waals surface area contributed by atoms with E-state index in [4.69, 9.17) is 4.74 Å². The van der Waals surface area contributed by atoms with Gasteiger partial charge in [-0.2, -0.15) is 0 Å². The summed E-state index contributed by atoms with van der Waals surface area (Å²) in [6.07, 6.45) is 2.23. The smallest absolute Gasteiger partial charge is 0.315 e. The third kappa shape index (κ3) is 4.33. The fourth-order valence-corrected chi connectivity index (χ4v) is 3.53. The molecule has 0 unspecified atom stereocenters. The van der Waals surface area contributed by atoms with Gasteiger partial charge in [-0.15, -0.1) is 0 Å². The summed E-state index contributed by atoms with van der Waals surface area (Å²) in [7, 11) is 0. The molecule has 3 N–H and O–H groups in total. The minimum Gasteiger partial charge on any atom is -0.376 e. The van der Waals surface area contributed by atoms with Gasteiger partial charge in [-0.25, -0.2) is 9.78 Å². The predicted octanol–water partition coefficient (Wildman–Crippen LogP) is 2.57. The van der Waals surface area contributed by atoms with Crippen LogP contribution in [0.5, 0.6) is 0 Å². The van der Waals surface area contributed by atoms with Crippen molar-refractivity contribution in [2.75, 3.05) is 25.0 Å². The molecule has 2 heterocycles. The number of fused-ring (bicyclic) bond motifs is 1. The summed E-state index contributed by atoms with van der Waals surface area (Å²) in [6.45, 7) is 3.96. The molecule has 0 saturated carbocycles. The first-order valence-electron chi connectivity index (χ1n) is 7.98. The Balaban J connectivity index is 1.36. The SMILES string of the molecule is C[C@@H](NC(=O)NCCNc1nc2ccccc2s1)[C@@H]1CCCO1. The number of rotatable bonds is 6. The first-order chi connectivity index (χ1) is 11.2. The maximum absolute atomic E-state index is 11.8. The topological polar surface area (TPSA) is 75.3 Å². The molecule has 0 bridgehead atoms. The molecule has 2 atom stereocenters. The zero-order chi connectivity index (χ0) is 16.1. The fraction of sp³-hybridized carbons (Fsp3) is 0.500. The van der Waals surface area contributed by atoms with Crippen LogP contribution >= 0.6 is 11.3 Å². The van der Waals surface area contributed by atoms with Crippen molar-refractivity contribution in [1.82, 2.24) is 15.6 Å². The summed E-state index contributed by atoms with van der Waals surface area (Å²) in [6, 6.07) is 7.91. The first-order valence-corrected chi connectivity index (χ1v) is 8.79. The second kappa shape index (κ2) is 7.61. The van der Waals surface area contributed by atoms with Gasteiger partial charge in [0.1, 0.15) is 0 Å². The van der Waals surface area contributed by atoms with Crippen molar-refractivity contribution < 1.29 is 9.53 Å². The number of thiazole rings is 1. The maximum atomic E-state index is 11.8. The summed E-state index contributed by atoms with van der Waals surface area (Å²) >= 11 is 1.62. The van der Waals surface area contributed by atoms with Crippen LogP contribution in [-0.4, -0.2) is 42.9 Å². The summed E-state index contributed by atoms with van der Waals surface area (Å²) < 4.78 is 6.72. The normalized spacial score (nSPS) is 18.7. The van der Waals surface area contributed by atoms with Gasteiger partial charge in [-0.3, -0.25) is 0 Å². The van der Waals surface area contributed by atoms with Gasteiger partial charge in [0.15, 0.2) is 5.13 Å². The summed E-state index contributed by atoms with van der Waals surface area (Å²) in [4.78, 5) is 16.3. The molecule has 0 spiro atoms. The number of urea groups is 1. The molecule has 1 aromatic carbocycles. The molecule has 2 amide bonds. The van der Waals surface area contributed by atoms with E-state index in [1.807, 2.05) is 25.1 Å². The van der Waals surface area contributed by atoms with E-state index >= 15 is 0 Å². The predicted molar refractivity (Wildman–Crippen MR) is 93.1 cm³/mol. The zero-order valence-electron chi connectivity index (χ0n) is 13.2. The number of nitrogens with zero attached hydrogens (tertiary/aromatic N) is 1. The van der Waals surface area contributed by atoms with Crippen LogP contribution in [0.1, 0.15) is 19.8 Å². The Hall–Kier alpha value is -1.86. The lowest BCUT2D eigenvalue weighted by Crippen LogP contribution is -2.46. The van der Waals surface area contributed by atoms with Gasteiger partial charge in [-0.05, 0) is 31.9 Å². The largest absolute Gasteiger partial charge is 0.376 e. The Kier molecular flexibility index (Phi) is 5.30. The van der Waals surface area contributed by atoms with Gasteiger partial charge in [0.05, 0.1) is 22.4 Å². The average molecular weight is 334 g/mol. The number of anilines is 1. The molecule has 3 rings (SSSR count). The Morgan fingerprint density at radius 3 is 3.09 bits per heavy atom. The Labute approximate surface area is 139 Å². The van der Waals surface area contributed by atoms with E-state index in [-0.39, 0.29) is 18.2 Å². The second-order valence-electron chi connectivity index (χ2n) is 5.65. The maximum Gasteiger partial charge on any atom is 0.315 e. The number of carbonyl (C=O) groups excluding carboxylic acids is 1. The molecule has 2 aromatic rings. The lowest BCUT2D eigenvalue weighted by Gasteiger charge is -2.20. The summed E-state index contributed by atoms with van der Waals surface area (Å²) in [5.41, 5.74) is 0.996. The van der Waals surface area contributed by atoms with Gasteiger partial charge >= 0.3 is 6.03 Å². The number of hydrogen-bond donors (Lipinski definition) is 3. The number of aromatic nitrogens is 1. The van der Waals surface area contributed by atoms with Crippen LogP contribution in [0.25, 0.3) is 10.2 Å². The van der Waals surface area contributed by atoms with E-state index in [0.29, 0.717) is 13.1 Å². The molecule has 0 radical (unpaired) electrons. The van der Waals surface area contributed by atoms with Crippen LogP contribution in [0, 0.1) is 0 Å². The van der Waals surface area contributed by atoms with Gasteiger partial charge < -0.3 is 20.7 Å². The number of para-hydroxylation sites is 1. The molecular weight excluding hydrogens is 312 g/mol. The minimum atomic E-state index is -0.154. The zero-order valence-corrected chi connectivity index (χ0v) is 14.0. The molecule has 6 nitrogen and oxygen atoms in total. The number of amides is 2. The highest BCUT2D eigenvalue weighted by Crippen LogP contribution is 2.24. The fourth-order valence-electron chi connectivity index (χ4n) is 2.64. The third-order valence-corrected chi connectivity index (χ3v) is 4.86. The van der Waals surface area contributed by atoms with Crippen molar-refractivity contribution in [2.45, 2.75) is 31.9 Å². The van der Waals surface area contributed by atoms with Crippen LogP contribution in [0.2, 0.25) is 0 Å². The van der Waals surface area contributed by atoms with Crippen LogP contribution < -0.4 is 16.0 Å². The number of hydrogen-bond acceptors (Lipinski definition) is 5. The Morgan fingerprint density at radius 2 is 2.30 bits per heavy atom. The van der Waals surface area contributed by atoms with E-state index in [0.717, 1.165) is 34.8 Å². The van der Waals surface area contributed by atoms with Crippen LogP contribution in [-0.2, 0) is 4.74 Å². The molecular formula is C16H22N4O2S. The number of nitrogens with one attached hydrogen (secondary N) is 3. The number of carbonyl (C=O) groups is 1.